The van der Waals surface area contributed by atoms with Gasteiger partial charge in [-0.05, 0) is 57.8 Å². The van der Waals surface area contributed by atoms with Gasteiger partial charge in [-0.1, -0.05) is 32.1 Å². The molecule has 2 rings (SSSR count). The minimum absolute atomic E-state index is 0. The largest absolute Gasteiger partial charge is 0.319 e. The van der Waals surface area contributed by atoms with Crippen molar-refractivity contribution in [3.05, 3.63) is 0 Å². The van der Waals surface area contributed by atoms with Gasteiger partial charge in [-0.15, -0.1) is 12.4 Å². The van der Waals surface area contributed by atoms with E-state index in [0.717, 1.165) is 11.8 Å². The number of rotatable bonds is 5. The molecule has 108 valence electrons. The Bertz CT molecular complexity index is 203. The molecule has 1 saturated heterocycles. The fraction of sp³-hybridized carbons (Fsp3) is 1.00. The average molecular weight is 275 g/mol. The van der Waals surface area contributed by atoms with Crippen LogP contribution in [0.15, 0.2) is 0 Å². The summed E-state index contributed by atoms with van der Waals surface area (Å²) < 4.78 is 0. The van der Waals surface area contributed by atoms with E-state index < -0.39 is 0 Å². The van der Waals surface area contributed by atoms with Gasteiger partial charge in [0.25, 0.3) is 0 Å². The molecule has 2 fully saturated rings. The summed E-state index contributed by atoms with van der Waals surface area (Å²) in [5.74, 6) is 1.95. The summed E-state index contributed by atoms with van der Waals surface area (Å²) in [6.45, 7) is 5.27. The molecule has 0 aromatic rings. The topological polar surface area (TPSA) is 15.3 Å². The van der Waals surface area contributed by atoms with E-state index in [1.54, 1.807) is 0 Å². The van der Waals surface area contributed by atoms with Crippen molar-refractivity contribution < 1.29 is 0 Å². The van der Waals surface area contributed by atoms with Crippen LogP contribution in [0.25, 0.3) is 0 Å². The van der Waals surface area contributed by atoms with Crippen molar-refractivity contribution in [2.75, 3.05) is 33.2 Å². The summed E-state index contributed by atoms with van der Waals surface area (Å²) in [4.78, 5) is 2.72. The van der Waals surface area contributed by atoms with E-state index in [4.69, 9.17) is 0 Å². The molecule has 0 aromatic carbocycles. The molecule has 0 spiro atoms. The molecular weight excluding hydrogens is 244 g/mol. The zero-order chi connectivity index (χ0) is 11.9. The monoisotopic (exact) mass is 274 g/mol. The minimum atomic E-state index is 0. The van der Waals surface area contributed by atoms with Crippen molar-refractivity contribution >= 4 is 12.4 Å². The van der Waals surface area contributed by atoms with Gasteiger partial charge in [0.05, 0.1) is 0 Å². The zero-order valence-corrected chi connectivity index (χ0v) is 12.8. The second-order valence-corrected chi connectivity index (χ2v) is 6.16. The van der Waals surface area contributed by atoms with Crippen molar-refractivity contribution in [3.63, 3.8) is 0 Å². The Morgan fingerprint density at radius 3 is 2.44 bits per heavy atom. The lowest BCUT2D eigenvalue weighted by atomic mass is 9.86. The molecule has 18 heavy (non-hydrogen) atoms. The highest BCUT2D eigenvalue weighted by atomic mass is 35.5. The van der Waals surface area contributed by atoms with Gasteiger partial charge in [0.2, 0.25) is 0 Å². The highest BCUT2D eigenvalue weighted by molar-refractivity contribution is 5.85. The van der Waals surface area contributed by atoms with Crippen molar-refractivity contribution in [3.8, 4) is 0 Å². The van der Waals surface area contributed by atoms with Gasteiger partial charge < -0.3 is 10.2 Å². The van der Waals surface area contributed by atoms with Gasteiger partial charge in [-0.2, -0.15) is 0 Å². The number of likely N-dealkylation sites (tertiary alicyclic amines) is 1. The minimum Gasteiger partial charge on any atom is -0.319 e. The number of nitrogens with one attached hydrogen (secondary N) is 1. The average Bonchev–Trinajstić information content (AvgIpc) is 2.39. The molecule has 0 bridgehead atoms. The van der Waals surface area contributed by atoms with Gasteiger partial charge in [0.1, 0.15) is 0 Å². The van der Waals surface area contributed by atoms with E-state index in [1.807, 2.05) is 0 Å². The summed E-state index contributed by atoms with van der Waals surface area (Å²) in [7, 11) is 2.08. The molecule has 1 unspecified atom stereocenters. The van der Waals surface area contributed by atoms with E-state index in [1.165, 1.54) is 77.5 Å². The van der Waals surface area contributed by atoms with Crippen LogP contribution in [0.2, 0.25) is 0 Å². The van der Waals surface area contributed by atoms with E-state index in [0.29, 0.717) is 0 Å². The molecular formula is C15H31ClN2. The Morgan fingerprint density at radius 2 is 1.72 bits per heavy atom. The van der Waals surface area contributed by atoms with Gasteiger partial charge in [0.15, 0.2) is 0 Å². The number of hydrogen-bond acceptors (Lipinski definition) is 2. The maximum atomic E-state index is 3.34. The van der Waals surface area contributed by atoms with Crippen LogP contribution in [0.1, 0.15) is 51.4 Å². The second kappa shape index (κ2) is 9.17. The van der Waals surface area contributed by atoms with Crippen LogP contribution in [0, 0.1) is 11.8 Å². The summed E-state index contributed by atoms with van der Waals surface area (Å²) in [6.07, 6.45) is 11.8. The molecule has 0 aromatic heterocycles. The fourth-order valence-corrected chi connectivity index (χ4v) is 3.65. The number of nitrogens with zero attached hydrogens (tertiary/aromatic N) is 1. The number of piperidine rings is 1. The first kappa shape index (κ1) is 16.3. The Hall–Kier alpha value is 0.210. The molecule has 2 nitrogen and oxygen atoms in total. The molecule has 2 aliphatic rings. The van der Waals surface area contributed by atoms with Gasteiger partial charge in [-0.3, -0.25) is 0 Å². The highest BCUT2D eigenvalue weighted by Gasteiger charge is 2.20. The highest BCUT2D eigenvalue weighted by Crippen LogP contribution is 2.27. The molecule has 1 aliphatic carbocycles. The molecule has 1 heterocycles. The number of hydrogen-bond donors (Lipinski definition) is 1. The molecule has 1 aliphatic heterocycles. The third kappa shape index (κ3) is 5.46. The predicted octanol–water partition coefficient (Wildman–Crippen LogP) is 3.31. The van der Waals surface area contributed by atoms with Crippen LogP contribution < -0.4 is 5.32 Å². The lowest BCUT2D eigenvalue weighted by molar-refractivity contribution is 0.158. The standard InChI is InChI=1S/C15H30N2.ClH/c1-16-12-15-8-5-10-17(13-15)11-9-14-6-3-2-4-7-14;/h14-16H,2-13H2,1H3;1H. The van der Waals surface area contributed by atoms with Crippen LogP contribution in [0.4, 0.5) is 0 Å². The summed E-state index contributed by atoms with van der Waals surface area (Å²) >= 11 is 0. The van der Waals surface area contributed by atoms with Crippen molar-refractivity contribution in [2.45, 2.75) is 51.4 Å². The normalized spacial score (nSPS) is 26.8. The van der Waals surface area contributed by atoms with Gasteiger partial charge >= 0.3 is 0 Å². The van der Waals surface area contributed by atoms with Crippen LogP contribution in [0.3, 0.4) is 0 Å². The maximum Gasteiger partial charge on any atom is 0.00218 e. The second-order valence-electron chi connectivity index (χ2n) is 6.16. The van der Waals surface area contributed by atoms with E-state index in [9.17, 15) is 0 Å². The third-order valence-corrected chi connectivity index (χ3v) is 4.67. The predicted molar refractivity (Wildman–Crippen MR) is 81.5 cm³/mol. The summed E-state index contributed by atoms with van der Waals surface area (Å²) in [6, 6.07) is 0. The van der Waals surface area contributed by atoms with Gasteiger partial charge in [-0.25, -0.2) is 0 Å². The lowest BCUT2D eigenvalue weighted by Crippen LogP contribution is -2.39. The van der Waals surface area contributed by atoms with Crippen LogP contribution in [-0.2, 0) is 0 Å². The maximum absolute atomic E-state index is 3.34. The summed E-state index contributed by atoms with van der Waals surface area (Å²) in [5.41, 5.74) is 0. The number of halogens is 1. The molecule has 1 N–H and O–H groups in total. The van der Waals surface area contributed by atoms with E-state index in [-0.39, 0.29) is 12.4 Å². The van der Waals surface area contributed by atoms with Crippen LogP contribution in [0.5, 0.6) is 0 Å². The SMILES string of the molecule is CNCC1CCCN(CCC2CCCCC2)C1.Cl. The van der Waals surface area contributed by atoms with Crippen molar-refractivity contribution in [1.29, 1.82) is 0 Å². The quantitative estimate of drug-likeness (QED) is 0.828. The lowest BCUT2D eigenvalue weighted by Gasteiger charge is -2.34. The van der Waals surface area contributed by atoms with Crippen molar-refractivity contribution in [1.82, 2.24) is 10.2 Å². The molecule has 0 radical (unpaired) electrons. The Morgan fingerprint density at radius 1 is 1.00 bits per heavy atom. The van der Waals surface area contributed by atoms with Crippen molar-refractivity contribution in [2.24, 2.45) is 11.8 Å². The first-order valence-corrected chi connectivity index (χ1v) is 7.75. The molecule has 1 saturated carbocycles. The summed E-state index contributed by atoms with van der Waals surface area (Å²) in [5, 5.41) is 3.34. The Kier molecular flexibility index (Phi) is 8.28. The smallest absolute Gasteiger partial charge is 0.00218 e. The molecule has 0 amide bonds. The third-order valence-electron chi connectivity index (χ3n) is 4.67. The van der Waals surface area contributed by atoms with E-state index >= 15 is 0 Å². The fourth-order valence-electron chi connectivity index (χ4n) is 3.65. The first-order chi connectivity index (χ1) is 8.38. The Labute approximate surface area is 119 Å². The Balaban J connectivity index is 0.00000162. The van der Waals surface area contributed by atoms with Gasteiger partial charge in [0, 0.05) is 6.54 Å². The zero-order valence-electron chi connectivity index (χ0n) is 12.0. The first-order valence-electron chi connectivity index (χ1n) is 7.75. The van der Waals surface area contributed by atoms with Crippen LogP contribution in [-0.4, -0.2) is 38.1 Å². The molecule has 1 atom stereocenters. The van der Waals surface area contributed by atoms with Crippen LogP contribution >= 0.6 is 12.4 Å². The van der Waals surface area contributed by atoms with E-state index in [2.05, 4.69) is 17.3 Å². The molecule has 3 heteroatoms.